The Morgan fingerprint density at radius 3 is 2.76 bits per heavy atom. The van der Waals surface area contributed by atoms with E-state index in [4.69, 9.17) is 16.7 Å². The number of thiazole rings is 1. The molecule has 1 aromatic carbocycles. The summed E-state index contributed by atoms with van der Waals surface area (Å²) in [7, 11) is 0. The van der Waals surface area contributed by atoms with Crippen LogP contribution < -0.4 is 5.32 Å². The highest BCUT2D eigenvalue weighted by atomic mass is 35.5. The van der Waals surface area contributed by atoms with Crippen LogP contribution in [-0.2, 0) is 11.3 Å². The van der Waals surface area contributed by atoms with Gasteiger partial charge in [-0.05, 0) is 18.6 Å². The zero-order chi connectivity index (χ0) is 15.2. The van der Waals surface area contributed by atoms with Gasteiger partial charge in [0.2, 0.25) is 0 Å². The smallest absolute Gasteiger partial charge is 0.320 e. The van der Waals surface area contributed by atoms with Crippen LogP contribution in [0.5, 0.6) is 0 Å². The van der Waals surface area contributed by atoms with E-state index < -0.39 is 12.0 Å². The summed E-state index contributed by atoms with van der Waals surface area (Å²) in [6.07, 6.45) is 3.24. The van der Waals surface area contributed by atoms with E-state index in [0.29, 0.717) is 18.0 Å². The van der Waals surface area contributed by atoms with Crippen molar-refractivity contribution in [1.29, 1.82) is 0 Å². The summed E-state index contributed by atoms with van der Waals surface area (Å²) in [5.74, 6) is -0.806. The molecule has 2 aromatic rings. The fourth-order valence-electron chi connectivity index (χ4n) is 1.94. The van der Waals surface area contributed by atoms with Gasteiger partial charge in [-0.1, -0.05) is 37.1 Å². The van der Waals surface area contributed by atoms with Gasteiger partial charge in [-0.3, -0.25) is 10.1 Å². The number of aliphatic carboxylic acids is 1. The predicted octanol–water partition coefficient (Wildman–Crippen LogP) is 3.81. The molecule has 1 heterocycles. The van der Waals surface area contributed by atoms with E-state index in [1.807, 2.05) is 31.2 Å². The van der Waals surface area contributed by atoms with Crippen molar-refractivity contribution in [2.24, 2.45) is 0 Å². The fraction of sp³-hybridized carbons (Fsp3) is 0.333. The molecule has 0 saturated carbocycles. The van der Waals surface area contributed by atoms with Crippen LogP contribution in [0.3, 0.4) is 0 Å². The second-order valence-electron chi connectivity index (χ2n) is 4.70. The maximum Gasteiger partial charge on any atom is 0.320 e. The molecule has 0 saturated heterocycles. The van der Waals surface area contributed by atoms with Gasteiger partial charge in [-0.25, -0.2) is 4.98 Å². The molecular formula is C15H17ClN2O2S. The number of carboxylic acid groups (broad SMARTS) is 1. The van der Waals surface area contributed by atoms with Crippen molar-refractivity contribution in [2.75, 3.05) is 0 Å². The lowest BCUT2D eigenvalue weighted by Gasteiger charge is -2.11. The van der Waals surface area contributed by atoms with Crippen LogP contribution in [0.4, 0.5) is 0 Å². The monoisotopic (exact) mass is 324 g/mol. The number of hydrogen-bond donors (Lipinski definition) is 2. The molecule has 21 heavy (non-hydrogen) atoms. The molecule has 1 unspecified atom stereocenters. The Balaban J connectivity index is 2.00. The number of nitrogens with zero attached hydrogens (tertiary/aromatic N) is 1. The Kier molecular flexibility index (Phi) is 5.73. The number of halogens is 1. The van der Waals surface area contributed by atoms with Crippen LogP contribution in [0.15, 0.2) is 30.5 Å². The van der Waals surface area contributed by atoms with Crippen LogP contribution in [0.2, 0.25) is 5.02 Å². The lowest BCUT2D eigenvalue weighted by Crippen LogP contribution is -2.35. The molecule has 1 atom stereocenters. The van der Waals surface area contributed by atoms with E-state index in [1.54, 1.807) is 17.5 Å². The third-order valence-corrected chi connectivity index (χ3v) is 4.34. The summed E-state index contributed by atoms with van der Waals surface area (Å²) in [4.78, 5) is 16.5. The number of carboxylic acids is 1. The average molecular weight is 325 g/mol. The molecule has 0 aliphatic heterocycles. The highest BCUT2D eigenvalue weighted by molar-refractivity contribution is 7.15. The zero-order valence-corrected chi connectivity index (χ0v) is 13.2. The van der Waals surface area contributed by atoms with Crippen molar-refractivity contribution in [3.63, 3.8) is 0 Å². The van der Waals surface area contributed by atoms with Gasteiger partial charge in [0.1, 0.15) is 11.0 Å². The highest BCUT2D eigenvalue weighted by Crippen LogP contribution is 2.26. The van der Waals surface area contributed by atoms with Crippen LogP contribution in [0.25, 0.3) is 10.6 Å². The second kappa shape index (κ2) is 7.54. The molecule has 112 valence electrons. The number of aromatic nitrogens is 1. The van der Waals surface area contributed by atoms with Crippen LogP contribution in [0, 0.1) is 0 Å². The minimum Gasteiger partial charge on any atom is -0.480 e. The summed E-state index contributed by atoms with van der Waals surface area (Å²) in [5.41, 5.74) is 1.01. The molecule has 0 aliphatic carbocycles. The molecule has 2 rings (SSSR count). The number of carbonyl (C=O) groups is 1. The maximum absolute atomic E-state index is 11.1. The summed E-state index contributed by atoms with van der Waals surface area (Å²) in [6.45, 7) is 2.49. The first kappa shape index (κ1) is 15.9. The summed E-state index contributed by atoms with van der Waals surface area (Å²) >= 11 is 7.42. The van der Waals surface area contributed by atoms with Crippen molar-refractivity contribution < 1.29 is 9.90 Å². The van der Waals surface area contributed by atoms with E-state index in [9.17, 15) is 4.79 Å². The quantitative estimate of drug-likeness (QED) is 0.813. The molecule has 0 radical (unpaired) electrons. The van der Waals surface area contributed by atoms with E-state index in [-0.39, 0.29) is 0 Å². The van der Waals surface area contributed by atoms with E-state index in [2.05, 4.69) is 10.3 Å². The van der Waals surface area contributed by atoms with Crippen LogP contribution in [-0.4, -0.2) is 22.1 Å². The van der Waals surface area contributed by atoms with Crippen molar-refractivity contribution in [3.8, 4) is 10.6 Å². The van der Waals surface area contributed by atoms with Gasteiger partial charge in [0.05, 0.1) is 0 Å². The largest absolute Gasteiger partial charge is 0.480 e. The highest BCUT2D eigenvalue weighted by Gasteiger charge is 2.15. The third kappa shape index (κ3) is 4.52. The minimum atomic E-state index is -0.806. The normalized spacial score (nSPS) is 12.3. The molecular weight excluding hydrogens is 308 g/mol. The van der Waals surface area contributed by atoms with Gasteiger partial charge in [0.15, 0.2) is 0 Å². The Morgan fingerprint density at radius 1 is 1.43 bits per heavy atom. The first-order valence-corrected chi connectivity index (χ1v) is 7.96. The van der Waals surface area contributed by atoms with Crippen LogP contribution in [0.1, 0.15) is 24.6 Å². The van der Waals surface area contributed by atoms with Gasteiger partial charge in [-0.2, -0.15) is 0 Å². The minimum absolute atomic E-state index is 0.504. The topological polar surface area (TPSA) is 62.2 Å². The molecule has 0 amide bonds. The van der Waals surface area contributed by atoms with Gasteiger partial charge in [-0.15, -0.1) is 11.3 Å². The Labute approximate surface area is 132 Å². The first-order valence-electron chi connectivity index (χ1n) is 6.77. The van der Waals surface area contributed by atoms with E-state index in [1.165, 1.54) is 0 Å². The average Bonchev–Trinajstić information content (AvgIpc) is 2.92. The lowest BCUT2D eigenvalue weighted by atomic mass is 10.2. The maximum atomic E-state index is 11.1. The molecule has 0 fully saturated rings. The van der Waals surface area contributed by atoms with E-state index in [0.717, 1.165) is 21.9 Å². The number of nitrogens with one attached hydrogen (secondary N) is 1. The lowest BCUT2D eigenvalue weighted by molar-refractivity contribution is -0.139. The Morgan fingerprint density at radius 2 is 2.14 bits per heavy atom. The molecule has 0 aliphatic rings. The molecule has 0 spiro atoms. The zero-order valence-electron chi connectivity index (χ0n) is 11.7. The molecule has 2 N–H and O–H groups in total. The Hall–Kier alpha value is -1.43. The SMILES string of the molecule is CCCC(NCc1cnc(-c2ccc(Cl)cc2)s1)C(=O)O. The number of rotatable bonds is 7. The van der Waals surface area contributed by atoms with E-state index >= 15 is 0 Å². The molecule has 6 heteroatoms. The number of hydrogen-bond acceptors (Lipinski definition) is 4. The predicted molar refractivity (Wildman–Crippen MR) is 85.7 cm³/mol. The van der Waals surface area contributed by atoms with Gasteiger partial charge in [0, 0.05) is 28.2 Å². The summed E-state index contributed by atoms with van der Waals surface area (Å²) in [5, 5.41) is 13.8. The summed E-state index contributed by atoms with van der Waals surface area (Å²) in [6, 6.07) is 7.01. The van der Waals surface area contributed by atoms with Crippen LogP contribution >= 0.6 is 22.9 Å². The molecule has 0 bridgehead atoms. The number of benzene rings is 1. The summed E-state index contributed by atoms with van der Waals surface area (Å²) < 4.78 is 0. The van der Waals surface area contributed by atoms with Crippen molar-refractivity contribution in [2.45, 2.75) is 32.4 Å². The molecule has 1 aromatic heterocycles. The van der Waals surface area contributed by atoms with Gasteiger partial charge < -0.3 is 5.11 Å². The standard InChI is InChI=1S/C15H17ClN2O2S/c1-2-3-13(15(19)20)17-8-12-9-18-14(21-12)10-4-6-11(16)7-5-10/h4-7,9,13,17H,2-3,8H2,1H3,(H,19,20). The second-order valence-corrected chi connectivity index (χ2v) is 6.25. The first-order chi connectivity index (χ1) is 10.1. The van der Waals surface area contributed by atoms with Crippen molar-refractivity contribution >= 4 is 28.9 Å². The Bertz CT molecular complexity index is 598. The van der Waals surface area contributed by atoms with Gasteiger partial charge >= 0.3 is 5.97 Å². The van der Waals surface area contributed by atoms with Crippen molar-refractivity contribution in [1.82, 2.24) is 10.3 Å². The molecule has 4 nitrogen and oxygen atoms in total. The fourth-order valence-corrected chi connectivity index (χ4v) is 2.94. The van der Waals surface area contributed by atoms with Gasteiger partial charge in [0.25, 0.3) is 0 Å². The van der Waals surface area contributed by atoms with Crippen molar-refractivity contribution in [3.05, 3.63) is 40.4 Å². The third-order valence-electron chi connectivity index (χ3n) is 3.04.